The number of fused-ring (bicyclic) bond motifs is 1. The maximum atomic E-state index is 12.5. The van der Waals surface area contributed by atoms with Crippen LogP contribution in [-0.4, -0.2) is 47.9 Å². The van der Waals surface area contributed by atoms with E-state index >= 15 is 0 Å². The van der Waals surface area contributed by atoms with E-state index in [9.17, 15) is 9.59 Å². The van der Waals surface area contributed by atoms with Crippen LogP contribution in [0.15, 0.2) is 30.3 Å². The van der Waals surface area contributed by atoms with Crippen molar-refractivity contribution in [2.45, 2.75) is 26.2 Å². The SMILES string of the molecule is Cc1cc(C(=O)NCCCN2CCCC2)[nH]c1/C=C1\C(=O)Nc2ccccc21. The molecule has 0 saturated carbocycles. The van der Waals surface area contributed by atoms with Gasteiger partial charge in [-0.2, -0.15) is 0 Å². The van der Waals surface area contributed by atoms with Crippen LogP contribution in [-0.2, 0) is 4.79 Å². The van der Waals surface area contributed by atoms with Crippen LogP contribution in [0.25, 0.3) is 11.6 Å². The number of aryl methyl sites for hydroxylation is 1. The first-order valence-corrected chi connectivity index (χ1v) is 9.94. The van der Waals surface area contributed by atoms with Crippen LogP contribution in [0.5, 0.6) is 0 Å². The number of carbonyl (C=O) groups excluding carboxylic acids is 2. The molecule has 2 amide bonds. The number of H-pyrrole nitrogens is 1. The molecule has 2 aliphatic heterocycles. The molecule has 6 heteroatoms. The van der Waals surface area contributed by atoms with Crippen molar-refractivity contribution >= 4 is 29.2 Å². The molecule has 0 radical (unpaired) electrons. The van der Waals surface area contributed by atoms with Crippen LogP contribution in [0.3, 0.4) is 0 Å². The number of aromatic amines is 1. The predicted octanol–water partition coefficient (Wildman–Crippen LogP) is 3.03. The molecule has 4 rings (SSSR count). The Labute approximate surface area is 165 Å². The molecule has 1 saturated heterocycles. The van der Waals surface area contributed by atoms with Crippen LogP contribution in [0.2, 0.25) is 0 Å². The van der Waals surface area contributed by atoms with E-state index in [1.54, 1.807) is 0 Å². The molecule has 0 aliphatic carbocycles. The van der Waals surface area contributed by atoms with E-state index in [2.05, 4.69) is 20.5 Å². The summed E-state index contributed by atoms with van der Waals surface area (Å²) in [6, 6.07) is 9.45. The second-order valence-corrected chi connectivity index (χ2v) is 7.50. The van der Waals surface area contributed by atoms with Gasteiger partial charge in [0.2, 0.25) is 0 Å². The van der Waals surface area contributed by atoms with E-state index in [1.165, 1.54) is 25.9 Å². The number of hydrogen-bond acceptors (Lipinski definition) is 3. The standard InChI is InChI=1S/C22H26N4O2/c1-15-13-20(22(28)23-9-6-12-26-10-4-5-11-26)24-19(15)14-17-16-7-2-3-8-18(16)25-21(17)27/h2-3,7-8,13-14,24H,4-6,9-12H2,1H3,(H,23,28)(H,25,27)/b17-14-. The van der Waals surface area contributed by atoms with Gasteiger partial charge in [0.1, 0.15) is 5.69 Å². The Morgan fingerprint density at radius 2 is 2.04 bits per heavy atom. The Hall–Kier alpha value is -2.86. The van der Waals surface area contributed by atoms with Crippen molar-refractivity contribution in [3.63, 3.8) is 0 Å². The molecule has 2 aliphatic rings. The Bertz CT molecular complexity index is 922. The minimum Gasteiger partial charge on any atom is -0.351 e. The fourth-order valence-corrected chi connectivity index (χ4v) is 3.88. The van der Waals surface area contributed by atoms with Crippen LogP contribution in [0.4, 0.5) is 5.69 Å². The molecule has 0 spiro atoms. The normalized spacial score (nSPS) is 17.8. The lowest BCUT2D eigenvalue weighted by Crippen LogP contribution is -2.28. The maximum absolute atomic E-state index is 12.5. The Kier molecular flexibility index (Phi) is 5.30. The van der Waals surface area contributed by atoms with Crippen molar-refractivity contribution < 1.29 is 9.59 Å². The second kappa shape index (κ2) is 8.02. The first kappa shape index (κ1) is 18.5. The van der Waals surface area contributed by atoms with Gasteiger partial charge < -0.3 is 20.5 Å². The van der Waals surface area contributed by atoms with Gasteiger partial charge in [0.05, 0.1) is 5.57 Å². The van der Waals surface area contributed by atoms with E-state index in [-0.39, 0.29) is 11.8 Å². The van der Waals surface area contributed by atoms with E-state index in [1.807, 2.05) is 43.3 Å². The molecule has 28 heavy (non-hydrogen) atoms. The monoisotopic (exact) mass is 378 g/mol. The molecule has 3 heterocycles. The number of hydrogen-bond donors (Lipinski definition) is 3. The summed E-state index contributed by atoms with van der Waals surface area (Å²) in [6.45, 7) is 6.00. The average Bonchev–Trinajstić information content (AvgIpc) is 3.40. The number of anilines is 1. The number of carbonyl (C=O) groups is 2. The third kappa shape index (κ3) is 3.87. The number of para-hydroxylation sites is 1. The Morgan fingerprint density at radius 3 is 2.86 bits per heavy atom. The summed E-state index contributed by atoms with van der Waals surface area (Å²) in [4.78, 5) is 30.4. The third-order valence-electron chi connectivity index (χ3n) is 5.43. The highest BCUT2D eigenvalue weighted by Gasteiger charge is 2.24. The summed E-state index contributed by atoms with van der Waals surface area (Å²) >= 11 is 0. The van der Waals surface area contributed by atoms with Gasteiger partial charge in [-0.15, -0.1) is 0 Å². The molecule has 1 aromatic carbocycles. The highest BCUT2D eigenvalue weighted by atomic mass is 16.2. The molecule has 146 valence electrons. The lowest BCUT2D eigenvalue weighted by atomic mass is 10.1. The number of aromatic nitrogens is 1. The fourth-order valence-electron chi connectivity index (χ4n) is 3.88. The second-order valence-electron chi connectivity index (χ2n) is 7.50. The highest BCUT2D eigenvalue weighted by Crippen LogP contribution is 2.33. The van der Waals surface area contributed by atoms with Crippen LogP contribution >= 0.6 is 0 Å². The number of rotatable bonds is 6. The van der Waals surface area contributed by atoms with Gasteiger partial charge in [0.15, 0.2) is 0 Å². The molecule has 0 unspecified atom stereocenters. The van der Waals surface area contributed by atoms with Gasteiger partial charge in [-0.25, -0.2) is 0 Å². The summed E-state index contributed by atoms with van der Waals surface area (Å²) in [5.41, 5.74) is 4.56. The minimum absolute atomic E-state index is 0.106. The lowest BCUT2D eigenvalue weighted by Gasteiger charge is -2.14. The zero-order valence-corrected chi connectivity index (χ0v) is 16.2. The molecular formula is C22H26N4O2. The molecule has 3 N–H and O–H groups in total. The van der Waals surface area contributed by atoms with Crippen LogP contribution < -0.4 is 10.6 Å². The number of benzene rings is 1. The first-order chi connectivity index (χ1) is 13.6. The smallest absolute Gasteiger partial charge is 0.267 e. The molecule has 2 aromatic rings. The zero-order chi connectivity index (χ0) is 19.5. The van der Waals surface area contributed by atoms with Gasteiger partial charge in [-0.3, -0.25) is 9.59 Å². The third-order valence-corrected chi connectivity index (χ3v) is 5.43. The van der Waals surface area contributed by atoms with Crippen molar-refractivity contribution in [2.24, 2.45) is 0 Å². The minimum atomic E-state index is -0.122. The largest absolute Gasteiger partial charge is 0.351 e. The van der Waals surface area contributed by atoms with Gasteiger partial charge in [-0.1, -0.05) is 18.2 Å². The first-order valence-electron chi connectivity index (χ1n) is 9.94. The molecule has 1 aromatic heterocycles. The summed E-state index contributed by atoms with van der Waals surface area (Å²) < 4.78 is 0. The van der Waals surface area contributed by atoms with Gasteiger partial charge in [0, 0.05) is 23.5 Å². The van der Waals surface area contributed by atoms with Gasteiger partial charge in [-0.05, 0) is 69.6 Å². The lowest BCUT2D eigenvalue weighted by molar-refractivity contribution is -0.110. The summed E-state index contributed by atoms with van der Waals surface area (Å²) in [5, 5.41) is 5.85. The molecule has 6 nitrogen and oxygen atoms in total. The molecular weight excluding hydrogens is 352 g/mol. The topological polar surface area (TPSA) is 77.2 Å². The van der Waals surface area contributed by atoms with E-state index in [0.717, 1.165) is 35.5 Å². The number of likely N-dealkylation sites (tertiary alicyclic amines) is 1. The van der Waals surface area contributed by atoms with Crippen molar-refractivity contribution in [3.8, 4) is 0 Å². The van der Waals surface area contributed by atoms with E-state index < -0.39 is 0 Å². The predicted molar refractivity (Wildman–Crippen MR) is 111 cm³/mol. The quantitative estimate of drug-likeness (QED) is 0.534. The summed E-state index contributed by atoms with van der Waals surface area (Å²) in [7, 11) is 0. The van der Waals surface area contributed by atoms with E-state index in [0.29, 0.717) is 17.8 Å². The summed E-state index contributed by atoms with van der Waals surface area (Å²) in [5.74, 6) is -0.228. The molecule has 0 atom stereocenters. The highest BCUT2D eigenvalue weighted by molar-refractivity contribution is 6.34. The fraction of sp³-hybridized carbons (Fsp3) is 0.364. The van der Waals surface area contributed by atoms with Crippen molar-refractivity contribution in [2.75, 3.05) is 31.5 Å². The van der Waals surface area contributed by atoms with Crippen molar-refractivity contribution in [1.29, 1.82) is 0 Å². The van der Waals surface area contributed by atoms with Gasteiger partial charge >= 0.3 is 0 Å². The van der Waals surface area contributed by atoms with Crippen LogP contribution in [0.1, 0.15) is 46.6 Å². The van der Waals surface area contributed by atoms with Gasteiger partial charge in [0.25, 0.3) is 11.8 Å². The number of amides is 2. The number of nitrogens with one attached hydrogen (secondary N) is 3. The van der Waals surface area contributed by atoms with Crippen molar-refractivity contribution in [1.82, 2.24) is 15.2 Å². The molecule has 0 bridgehead atoms. The Balaban J connectivity index is 1.41. The number of nitrogens with zero attached hydrogens (tertiary/aromatic N) is 1. The maximum Gasteiger partial charge on any atom is 0.267 e. The zero-order valence-electron chi connectivity index (χ0n) is 16.2. The molecule has 1 fully saturated rings. The summed E-state index contributed by atoms with van der Waals surface area (Å²) in [6.07, 6.45) is 5.35. The van der Waals surface area contributed by atoms with E-state index in [4.69, 9.17) is 0 Å². The average molecular weight is 378 g/mol. The van der Waals surface area contributed by atoms with Crippen molar-refractivity contribution in [3.05, 3.63) is 52.8 Å². The Morgan fingerprint density at radius 1 is 1.25 bits per heavy atom. The van der Waals surface area contributed by atoms with Crippen LogP contribution in [0, 0.1) is 6.92 Å².